The highest BCUT2D eigenvalue weighted by atomic mass is 35.5. The summed E-state index contributed by atoms with van der Waals surface area (Å²) >= 11 is 5.69. The third kappa shape index (κ3) is 3.14. The molecule has 0 aromatic carbocycles. The summed E-state index contributed by atoms with van der Waals surface area (Å²) in [6, 6.07) is 3.70. The third-order valence-electron chi connectivity index (χ3n) is 2.87. The minimum Gasteiger partial charge on any atom is -0.380 e. The van der Waals surface area contributed by atoms with Crippen molar-refractivity contribution < 1.29 is 4.74 Å². The van der Waals surface area contributed by atoms with Crippen LogP contribution in [0, 0.1) is 0 Å². The van der Waals surface area contributed by atoms with Gasteiger partial charge in [0.05, 0.1) is 11.8 Å². The number of nitrogens with zero attached hydrogens (tertiary/aromatic N) is 3. The van der Waals surface area contributed by atoms with Gasteiger partial charge in [-0.15, -0.1) is 5.10 Å². The molecule has 4 nitrogen and oxygen atoms in total. The van der Waals surface area contributed by atoms with Gasteiger partial charge >= 0.3 is 0 Å². The lowest BCUT2D eigenvalue weighted by Crippen LogP contribution is -2.38. The summed E-state index contributed by atoms with van der Waals surface area (Å²) in [6.45, 7) is 2.90. The second-order valence-electron chi connectivity index (χ2n) is 4.08. The average Bonchev–Trinajstić information content (AvgIpc) is 2.32. The fraction of sp³-hybridized carbons (Fsp3) is 0.636. The van der Waals surface area contributed by atoms with Gasteiger partial charge in [-0.1, -0.05) is 11.6 Å². The zero-order valence-corrected chi connectivity index (χ0v) is 10.2. The van der Waals surface area contributed by atoms with Crippen LogP contribution in [0.25, 0.3) is 0 Å². The lowest BCUT2D eigenvalue weighted by Gasteiger charge is -2.31. The quantitative estimate of drug-likeness (QED) is 0.808. The molecule has 1 aliphatic heterocycles. The number of halogens is 1. The Morgan fingerprint density at radius 2 is 2.38 bits per heavy atom. The van der Waals surface area contributed by atoms with E-state index in [2.05, 4.69) is 15.1 Å². The van der Waals surface area contributed by atoms with Crippen molar-refractivity contribution in [2.24, 2.45) is 0 Å². The second-order valence-corrected chi connectivity index (χ2v) is 4.47. The Bertz CT molecular complexity index is 331. The number of likely N-dealkylation sites (tertiary alicyclic amines) is 1. The van der Waals surface area contributed by atoms with E-state index in [1.54, 1.807) is 13.2 Å². The first-order valence-corrected chi connectivity index (χ1v) is 5.89. The standard InChI is InChI=1S/C11H16ClN3O/c1-16-10-3-2-6-15(8-10)7-9-4-5-11(12)14-13-9/h4-5,10H,2-3,6-8H2,1H3. The molecule has 0 N–H and O–H groups in total. The van der Waals surface area contributed by atoms with Crippen LogP contribution in [0.2, 0.25) is 5.15 Å². The van der Waals surface area contributed by atoms with Gasteiger partial charge in [0.2, 0.25) is 0 Å². The predicted octanol–water partition coefficient (Wildman–Crippen LogP) is 1.74. The molecule has 1 fully saturated rings. The van der Waals surface area contributed by atoms with Crippen molar-refractivity contribution in [3.05, 3.63) is 23.0 Å². The second kappa shape index (κ2) is 5.57. The van der Waals surface area contributed by atoms with Crippen molar-refractivity contribution in [3.8, 4) is 0 Å². The first-order chi connectivity index (χ1) is 7.78. The maximum Gasteiger partial charge on any atom is 0.151 e. The average molecular weight is 242 g/mol. The number of aromatic nitrogens is 2. The fourth-order valence-corrected chi connectivity index (χ4v) is 2.11. The van der Waals surface area contributed by atoms with Gasteiger partial charge in [-0.05, 0) is 31.5 Å². The molecule has 2 rings (SSSR count). The zero-order valence-electron chi connectivity index (χ0n) is 9.40. The van der Waals surface area contributed by atoms with Crippen molar-refractivity contribution in [2.45, 2.75) is 25.5 Å². The Kier molecular flexibility index (Phi) is 4.09. The number of hydrogen-bond donors (Lipinski definition) is 0. The molecule has 5 heteroatoms. The van der Waals surface area contributed by atoms with Gasteiger partial charge in [0.1, 0.15) is 0 Å². The van der Waals surface area contributed by atoms with Gasteiger partial charge in [-0.25, -0.2) is 0 Å². The van der Waals surface area contributed by atoms with Crippen LogP contribution in [-0.4, -0.2) is 41.4 Å². The van der Waals surface area contributed by atoms with Gasteiger partial charge in [-0.2, -0.15) is 5.10 Å². The fourth-order valence-electron chi connectivity index (χ4n) is 2.01. The van der Waals surface area contributed by atoms with Gasteiger partial charge < -0.3 is 4.74 Å². The number of ether oxygens (including phenoxy) is 1. The van der Waals surface area contributed by atoms with Gasteiger partial charge in [0, 0.05) is 20.2 Å². The Hall–Kier alpha value is -0.710. The Morgan fingerprint density at radius 1 is 1.50 bits per heavy atom. The molecule has 0 bridgehead atoms. The molecule has 1 saturated heterocycles. The van der Waals surface area contributed by atoms with Crippen LogP contribution in [0.4, 0.5) is 0 Å². The van der Waals surface area contributed by atoms with Crippen LogP contribution in [0.5, 0.6) is 0 Å². The normalized spacial score (nSPS) is 22.2. The molecule has 1 unspecified atom stereocenters. The number of hydrogen-bond acceptors (Lipinski definition) is 4. The minimum atomic E-state index is 0.356. The maximum absolute atomic E-state index is 5.69. The van der Waals surface area contributed by atoms with E-state index in [1.807, 2.05) is 6.07 Å². The molecule has 1 aromatic rings. The first kappa shape index (κ1) is 11.8. The molecule has 1 atom stereocenters. The molecule has 1 aromatic heterocycles. The monoisotopic (exact) mass is 241 g/mol. The summed E-state index contributed by atoms with van der Waals surface area (Å²) in [5, 5.41) is 8.34. The molecular formula is C11H16ClN3O. The molecule has 2 heterocycles. The van der Waals surface area contributed by atoms with Crippen LogP contribution in [0.1, 0.15) is 18.5 Å². The molecule has 0 amide bonds. The predicted molar refractivity (Wildman–Crippen MR) is 62.4 cm³/mol. The zero-order chi connectivity index (χ0) is 11.4. The highest BCUT2D eigenvalue weighted by Crippen LogP contribution is 2.14. The Morgan fingerprint density at radius 3 is 3.06 bits per heavy atom. The van der Waals surface area contributed by atoms with E-state index in [0.29, 0.717) is 11.3 Å². The maximum atomic E-state index is 5.69. The van der Waals surface area contributed by atoms with Crippen LogP contribution >= 0.6 is 11.6 Å². The lowest BCUT2D eigenvalue weighted by atomic mass is 10.1. The molecular weight excluding hydrogens is 226 g/mol. The topological polar surface area (TPSA) is 38.2 Å². The molecule has 0 saturated carbocycles. The van der Waals surface area contributed by atoms with E-state index >= 15 is 0 Å². The van der Waals surface area contributed by atoms with E-state index in [0.717, 1.165) is 31.7 Å². The van der Waals surface area contributed by atoms with Gasteiger partial charge in [0.25, 0.3) is 0 Å². The third-order valence-corrected chi connectivity index (χ3v) is 3.07. The summed E-state index contributed by atoms with van der Waals surface area (Å²) in [6.07, 6.45) is 2.69. The molecule has 88 valence electrons. The highest BCUT2D eigenvalue weighted by Gasteiger charge is 2.19. The van der Waals surface area contributed by atoms with Gasteiger partial charge in [-0.3, -0.25) is 4.90 Å². The number of rotatable bonds is 3. The van der Waals surface area contributed by atoms with E-state index in [1.165, 1.54) is 6.42 Å². The van der Waals surface area contributed by atoms with Crippen LogP contribution in [0.15, 0.2) is 12.1 Å². The van der Waals surface area contributed by atoms with E-state index in [4.69, 9.17) is 16.3 Å². The van der Waals surface area contributed by atoms with Crippen molar-refractivity contribution in [1.29, 1.82) is 0 Å². The molecule has 0 radical (unpaired) electrons. The van der Waals surface area contributed by atoms with Crippen molar-refractivity contribution in [2.75, 3.05) is 20.2 Å². The molecule has 16 heavy (non-hydrogen) atoms. The molecule has 0 spiro atoms. The van der Waals surface area contributed by atoms with Crippen molar-refractivity contribution >= 4 is 11.6 Å². The smallest absolute Gasteiger partial charge is 0.151 e. The van der Waals surface area contributed by atoms with E-state index < -0.39 is 0 Å². The molecule has 0 aliphatic carbocycles. The van der Waals surface area contributed by atoms with E-state index in [-0.39, 0.29) is 0 Å². The van der Waals surface area contributed by atoms with Crippen molar-refractivity contribution in [3.63, 3.8) is 0 Å². The lowest BCUT2D eigenvalue weighted by molar-refractivity contribution is 0.0280. The summed E-state index contributed by atoms with van der Waals surface area (Å²) in [5.74, 6) is 0. The number of piperidine rings is 1. The van der Waals surface area contributed by atoms with Gasteiger partial charge in [0.15, 0.2) is 5.15 Å². The molecule has 1 aliphatic rings. The number of methoxy groups -OCH3 is 1. The van der Waals surface area contributed by atoms with E-state index in [9.17, 15) is 0 Å². The van der Waals surface area contributed by atoms with Crippen LogP contribution in [-0.2, 0) is 11.3 Å². The summed E-state index contributed by atoms with van der Waals surface area (Å²) in [7, 11) is 1.77. The summed E-state index contributed by atoms with van der Waals surface area (Å²) in [4.78, 5) is 2.34. The largest absolute Gasteiger partial charge is 0.380 e. The van der Waals surface area contributed by atoms with Crippen LogP contribution < -0.4 is 0 Å². The minimum absolute atomic E-state index is 0.356. The first-order valence-electron chi connectivity index (χ1n) is 5.51. The van der Waals surface area contributed by atoms with Crippen LogP contribution in [0.3, 0.4) is 0 Å². The van der Waals surface area contributed by atoms with Crippen molar-refractivity contribution in [1.82, 2.24) is 15.1 Å². The Labute approximate surface area is 101 Å². The summed E-state index contributed by atoms with van der Waals surface area (Å²) < 4.78 is 5.38. The SMILES string of the molecule is COC1CCCN(Cc2ccc(Cl)nn2)C1. The summed E-state index contributed by atoms with van der Waals surface area (Å²) in [5.41, 5.74) is 0.959. The Balaban J connectivity index is 1.91. The highest BCUT2D eigenvalue weighted by molar-refractivity contribution is 6.29.